The van der Waals surface area contributed by atoms with E-state index in [1.54, 1.807) is 0 Å². The van der Waals surface area contributed by atoms with E-state index in [-0.39, 0.29) is 5.41 Å². The first-order chi connectivity index (χ1) is 9.45. The number of hydrogen-bond acceptors (Lipinski definition) is 4. The highest BCUT2D eigenvalue weighted by Gasteiger charge is 2.22. The molecule has 0 spiro atoms. The van der Waals surface area contributed by atoms with E-state index in [0.29, 0.717) is 11.9 Å². The molecule has 1 unspecified atom stereocenters. The topological polar surface area (TPSA) is 73.9 Å². The Hall–Kier alpha value is -0.810. The van der Waals surface area contributed by atoms with Gasteiger partial charge in [0.1, 0.15) is 5.84 Å². The normalized spacial score (nSPS) is 20.1. The zero-order valence-corrected chi connectivity index (χ0v) is 13.4. The number of piperidine rings is 1. The predicted molar refractivity (Wildman–Crippen MR) is 84.2 cm³/mol. The lowest BCUT2D eigenvalue weighted by Crippen LogP contribution is -2.42. The first-order valence-electron chi connectivity index (χ1n) is 7.89. The van der Waals surface area contributed by atoms with E-state index in [9.17, 15) is 0 Å². The minimum absolute atomic E-state index is 0.230. The van der Waals surface area contributed by atoms with Gasteiger partial charge in [-0.05, 0) is 52.2 Å². The van der Waals surface area contributed by atoms with Gasteiger partial charge >= 0.3 is 0 Å². The van der Waals surface area contributed by atoms with Gasteiger partial charge < -0.3 is 21.2 Å². The summed E-state index contributed by atoms with van der Waals surface area (Å²) in [5.74, 6) is 0.318. The molecule has 1 rings (SSSR count). The molecule has 1 heterocycles. The van der Waals surface area contributed by atoms with Crippen LogP contribution in [0.5, 0.6) is 0 Å². The highest BCUT2D eigenvalue weighted by atomic mass is 16.4. The molecule has 20 heavy (non-hydrogen) atoms. The molecule has 1 saturated heterocycles. The van der Waals surface area contributed by atoms with Crippen molar-refractivity contribution in [2.45, 2.75) is 58.9 Å². The van der Waals surface area contributed by atoms with Crippen molar-refractivity contribution < 1.29 is 5.21 Å². The van der Waals surface area contributed by atoms with Crippen molar-refractivity contribution in [1.29, 1.82) is 0 Å². The molecule has 1 aliphatic heterocycles. The number of nitrogens with two attached hydrogens (primary N) is 1. The van der Waals surface area contributed by atoms with Crippen LogP contribution in [0.2, 0.25) is 0 Å². The maximum atomic E-state index is 8.74. The minimum atomic E-state index is -0.230. The van der Waals surface area contributed by atoms with Crippen LogP contribution in [0.3, 0.4) is 0 Å². The number of amidine groups is 1. The van der Waals surface area contributed by atoms with E-state index in [4.69, 9.17) is 10.9 Å². The zero-order chi connectivity index (χ0) is 15.0. The summed E-state index contributed by atoms with van der Waals surface area (Å²) in [6, 6.07) is 0.528. The van der Waals surface area contributed by atoms with Crippen LogP contribution in [-0.2, 0) is 0 Å². The van der Waals surface area contributed by atoms with Crippen molar-refractivity contribution >= 4 is 5.84 Å². The Balaban J connectivity index is 2.14. The van der Waals surface area contributed by atoms with Crippen molar-refractivity contribution in [3.8, 4) is 0 Å². The fourth-order valence-electron chi connectivity index (χ4n) is 2.74. The molecule has 5 heteroatoms. The molecule has 0 aliphatic carbocycles. The molecule has 1 atom stereocenters. The third-order valence-corrected chi connectivity index (χ3v) is 4.25. The SMILES string of the molecule is CC(CN1CCCCC1)NCCCC(C)(C)C(N)=NO. The van der Waals surface area contributed by atoms with Crippen molar-refractivity contribution in [2.75, 3.05) is 26.2 Å². The van der Waals surface area contributed by atoms with Gasteiger partial charge in [-0.2, -0.15) is 0 Å². The van der Waals surface area contributed by atoms with Crippen LogP contribution in [0, 0.1) is 5.41 Å². The van der Waals surface area contributed by atoms with E-state index < -0.39 is 0 Å². The van der Waals surface area contributed by atoms with E-state index in [1.807, 2.05) is 13.8 Å². The van der Waals surface area contributed by atoms with Crippen molar-refractivity contribution in [3.05, 3.63) is 0 Å². The third kappa shape index (κ3) is 6.09. The molecule has 118 valence electrons. The molecule has 0 saturated carbocycles. The monoisotopic (exact) mass is 284 g/mol. The van der Waals surface area contributed by atoms with Gasteiger partial charge in [0.15, 0.2) is 0 Å². The summed E-state index contributed by atoms with van der Waals surface area (Å²) in [6.07, 6.45) is 6.04. The largest absolute Gasteiger partial charge is 0.409 e. The summed E-state index contributed by atoms with van der Waals surface area (Å²) in [5.41, 5.74) is 5.46. The average molecular weight is 284 g/mol. The second-order valence-electron chi connectivity index (χ2n) is 6.69. The Kier molecular flexibility index (Phi) is 7.30. The van der Waals surface area contributed by atoms with Gasteiger partial charge in [-0.3, -0.25) is 0 Å². The highest BCUT2D eigenvalue weighted by molar-refractivity contribution is 5.85. The second-order valence-corrected chi connectivity index (χ2v) is 6.69. The fraction of sp³-hybridized carbons (Fsp3) is 0.933. The Labute approximate surface area is 123 Å². The second kappa shape index (κ2) is 8.47. The maximum absolute atomic E-state index is 8.74. The number of oxime groups is 1. The lowest BCUT2D eigenvalue weighted by atomic mass is 9.86. The summed E-state index contributed by atoms with van der Waals surface area (Å²) in [5, 5.41) is 15.4. The molecule has 0 amide bonds. The molecule has 0 aromatic heterocycles. The molecule has 5 nitrogen and oxygen atoms in total. The lowest BCUT2D eigenvalue weighted by Gasteiger charge is -2.29. The highest BCUT2D eigenvalue weighted by Crippen LogP contribution is 2.21. The van der Waals surface area contributed by atoms with Gasteiger partial charge in [-0.1, -0.05) is 25.4 Å². The average Bonchev–Trinajstić information content (AvgIpc) is 2.43. The molecule has 0 radical (unpaired) electrons. The van der Waals surface area contributed by atoms with Gasteiger partial charge in [0.05, 0.1) is 0 Å². The quantitative estimate of drug-likeness (QED) is 0.209. The van der Waals surface area contributed by atoms with Gasteiger partial charge in [0, 0.05) is 18.0 Å². The lowest BCUT2D eigenvalue weighted by molar-refractivity contribution is 0.208. The Bertz CT molecular complexity index is 298. The summed E-state index contributed by atoms with van der Waals surface area (Å²) in [6.45, 7) is 10.9. The smallest absolute Gasteiger partial charge is 0.144 e. The molecule has 0 aromatic rings. The molecular weight excluding hydrogens is 252 g/mol. The number of likely N-dealkylation sites (tertiary alicyclic amines) is 1. The zero-order valence-electron chi connectivity index (χ0n) is 13.4. The summed E-state index contributed by atoms with van der Waals surface area (Å²) < 4.78 is 0. The molecule has 0 bridgehead atoms. The predicted octanol–water partition coefficient (Wildman–Crippen LogP) is 2.00. The summed E-state index contributed by atoms with van der Waals surface area (Å²) >= 11 is 0. The van der Waals surface area contributed by atoms with E-state index in [0.717, 1.165) is 25.9 Å². The Morgan fingerprint density at radius 2 is 2.00 bits per heavy atom. The first-order valence-corrected chi connectivity index (χ1v) is 7.89. The van der Waals surface area contributed by atoms with E-state index in [1.165, 1.54) is 32.4 Å². The molecule has 1 aliphatic rings. The first kappa shape index (κ1) is 17.2. The van der Waals surface area contributed by atoms with Gasteiger partial charge in [-0.25, -0.2) is 0 Å². The van der Waals surface area contributed by atoms with E-state index >= 15 is 0 Å². The maximum Gasteiger partial charge on any atom is 0.144 e. The summed E-state index contributed by atoms with van der Waals surface area (Å²) in [4.78, 5) is 2.56. The fourth-order valence-corrected chi connectivity index (χ4v) is 2.74. The van der Waals surface area contributed by atoms with Crippen LogP contribution in [0.4, 0.5) is 0 Å². The van der Waals surface area contributed by atoms with Crippen LogP contribution < -0.4 is 11.1 Å². The van der Waals surface area contributed by atoms with Gasteiger partial charge in [-0.15, -0.1) is 0 Å². The van der Waals surface area contributed by atoms with Crippen molar-refractivity contribution in [3.63, 3.8) is 0 Å². The van der Waals surface area contributed by atoms with Crippen molar-refractivity contribution in [2.24, 2.45) is 16.3 Å². The third-order valence-electron chi connectivity index (χ3n) is 4.25. The number of hydrogen-bond donors (Lipinski definition) is 3. The standard InChI is InChI=1S/C15H32N4O/c1-13(12-19-10-5-4-6-11-19)17-9-7-8-15(2,3)14(16)18-20/h13,17,20H,4-12H2,1-3H3,(H2,16,18). The van der Waals surface area contributed by atoms with Crippen molar-refractivity contribution in [1.82, 2.24) is 10.2 Å². The van der Waals surface area contributed by atoms with Crippen LogP contribution >= 0.6 is 0 Å². The van der Waals surface area contributed by atoms with Crippen LogP contribution in [0.25, 0.3) is 0 Å². The van der Waals surface area contributed by atoms with Crippen LogP contribution in [0.15, 0.2) is 5.16 Å². The Morgan fingerprint density at radius 1 is 1.35 bits per heavy atom. The molecule has 1 fully saturated rings. The van der Waals surface area contributed by atoms with Gasteiger partial charge in [0.25, 0.3) is 0 Å². The number of nitrogens with one attached hydrogen (secondary N) is 1. The van der Waals surface area contributed by atoms with E-state index in [2.05, 4.69) is 22.3 Å². The molecule has 0 aromatic carbocycles. The van der Waals surface area contributed by atoms with Crippen LogP contribution in [0.1, 0.15) is 52.9 Å². The van der Waals surface area contributed by atoms with Crippen LogP contribution in [-0.4, -0.2) is 48.2 Å². The number of nitrogens with zero attached hydrogens (tertiary/aromatic N) is 2. The molecule has 4 N–H and O–H groups in total. The Morgan fingerprint density at radius 3 is 2.60 bits per heavy atom. The minimum Gasteiger partial charge on any atom is -0.409 e. The molecular formula is C15H32N4O. The summed E-state index contributed by atoms with van der Waals surface area (Å²) in [7, 11) is 0. The number of rotatable bonds is 8. The van der Waals surface area contributed by atoms with Gasteiger partial charge in [0.2, 0.25) is 0 Å².